The lowest BCUT2D eigenvalue weighted by Gasteiger charge is -2.26. The predicted octanol–water partition coefficient (Wildman–Crippen LogP) is 4.81. The van der Waals surface area contributed by atoms with E-state index in [9.17, 15) is 24.5 Å². The number of esters is 1. The molecule has 2 aliphatic rings. The zero-order chi connectivity index (χ0) is 30.3. The van der Waals surface area contributed by atoms with Crippen molar-refractivity contribution in [3.8, 4) is 0 Å². The van der Waals surface area contributed by atoms with Crippen molar-refractivity contribution in [3.63, 3.8) is 0 Å². The van der Waals surface area contributed by atoms with Crippen molar-refractivity contribution >= 4 is 46.1 Å². The fourth-order valence-corrected chi connectivity index (χ4v) is 5.28. The first-order valence-corrected chi connectivity index (χ1v) is 14.2. The van der Waals surface area contributed by atoms with E-state index >= 15 is 0 Å². The van der Waals surface area contributed by atoms with Gasteiger partial charge < -0.3 is 20.7 Å². The molecule has 0 bridgehead atoms. The monoisotopic (exact) mass is 583 g/mol. The summed E-state index contributed by atoms with van der Waals surface area (Å²) < 4.78 is 4.60. The molecule has 3 aromatic carbocycles. The molecule has 43 heavy (non-hydrogen) atoms. The number of benzene rings is 3. The number of nitro benzene ring substituents is 1. The van der Waals surface area contributed by atoms with Gasteiger partial charge in [-0.05, 0) is 67.4 Å². The van der Waals surface area contributed by atoms with E-state index in [0.29, 0.717) is 28.1 Å². The van der Waals surface area contributed by atoms with Crippen molar-refractivity contribution in [1.82, 2.24) is 10.2 Å². The van der Waals surface area contributed by atoms with E-state index in [0.717, 1.165) is 25.3 Å². The summed E-state index contributed by atoms with van der Waals surface area (Å²) in [4.78, 5) is 50.7. The molecular weight excluding hydrogens is 550 g/mol. The number of hydrogen-bond acceptors (Lipinski definition) is 8. The number of carbonyl (C=O) groups excluding carboxylic acids is 3. The van der Waals surface area contributed by atoms with Crippen molar-refractivity contribution in [2.45, 2.75) is 32.2 Å². The number of non-ortho nitro benzene ring substituents is 1. The number of methoxy groups -OCH3 is 1. The number of nitrogens with zero attached hydrogens (tertiary/aromatic N) is 2. The van der Waals surface area contributed by atoms with Crippen LogP contribution in [0, 0.1) is 10.1 Å². The molecule has 222 valence electrons. The van der Waals surface area contributed by atoms with Gasteiger partial charge in [-0.2, -0.15) is 0 Å². The predicted molar refractivity (Wildman–Crippen MR) is 163 cm³/mol. The van der Waals surface area contributed by atoms with Crippen LogP contribution in [0.3, 0.4) is 0 Å². The third kappa shape index (κ3) is 7.07. The van der Waals surface area contributed by atoms with Gasteiger partial charge in [0, 0.05) is 47.7 Å². The molecule has 0 aromatic heterocycles. The molecule has 1 fully saturated rings. The number of anilines is 2. The van der Waals surface area contributed by atoms with E-state index in [1.165, 1.54) is 50.1 Å². The van der Waals surface area contributed by atoms with Crippen LogP contribution in [-0.4, -0.2) is 54.4 Å². The Morgan fingerprint density at radius 2 is 1.67 bits per heavy atom. The van der Waals surface area contributed by atoms with Crippen LogP contribution in [0.5, 0.6) is 0 Å². The molecule has 0 unspecified atom stereocenters. The number of hydrogen-bond donors (Lipinski definition) is 3. The first-order valence-electron chi connectivity index (χ1n) is 14.2. The highest BCUT2D eigenvalue weighted by Gasteiger charge is 2.30. The molecule has 5 rings (SSSR count). The van der Waals surface area contributed by atoms with Gasteiger partial charge in [-0.3, -0.25) is 29.4 Å². The Morgan fingerprint density at radius 3 is 2.35 bits per heavy atom. The molecule has 0 aliphatic carbocycles. The molecule has 2 aliphatic heterocycles. The van der Waals surface area contributed by atoms with Gasteiger partial charge >= 0.3 is 5.97 Å². The van der Waals surface area contributed by atoms with Gasteiger partial charge in [0.1, 0.15) is 0 Å². The van der Waals surface area contributed by atoms with Crippen LogP contribution in [0.25, 0.3) is 11.3 Å². The molecule has 0 radical (unpaired) electrons. The van der Waals surface area contributed by atoms with E-state index in [4.69, 9.17) is 0 Å². The van der Waals surface area contributed by atoms with E-state index in [2.05, 4.69) is 37.7 Å². The maximum Gasteiger partial charge on any atom is 0.307 e. The minimum Gasteiger partial charge on any atom is -0.469 e. The Kier molecular flexibility index (Phi) is 9.11. The van der Waals surface area contributed by atoms with Crippen LogP contribution in [0.15, 0.2) is 66.7 Å². The van der Waals surface area contributed by atoms with Crippen molar-refractivity contribution in [2.75, 3.05) is 37.4 Å². The van der Waals surface area contributed by atoms with Crippen LogP contribution in [0.1, 0.15) is 52.7 Å². The van der Waals surface area contributed by atoms with Crippen LogP contribution < -0.4 is 16.0 Å². The molecule has 11 heteroatoms. The van der Waals surface area contributed by atoms with Crippen LogP contribution in [0.2, 0.25) is 0 Å². The zero-order valence-electron chi connectivity index (χ0n) is 23.9. The van der Waals surface area contributed by atoms with Gasteiger partial charge in [0.05, 0.1) is 29.7 Å². The molecular formula is C32H33N5O6. The molecule has 2 heterocycles. The quantitative estimate of drug-likeness (QED) is 0.134. The Balaban J connectivity index is 1.45. The number of nitrogens with one attached hydrogen (secondary N) is 3. The second-order valence-electron chi connectivity index (χ2n) is 10.5. The summed E-state index contributed by atoms with van der Waals surface area (Å²) in [7, 11) is 1.29. The molecule has 11 nitrogen and oxygen atoms in total. The molecule has 1 saturated heterocycles. The Hall–Kier alpha value is -5.03. The number of piperidine rings is 1. The fourth-order valence-electron chi connectivity index (χ4n) is 5.28. The average Bonchev–Trinajstić information content (AvgIpc) is 3.35. The lowest BCUT2D eigenvalue weighted by atomic mass is 9.98. The standard InChI is InChI=1S/C32H33N5O6/c1-43-28(38)15-16-33-31(39)23-9-7-22(8-10-23)30(29-26-19-25(37(41)42)13-14-27(26)35-32(29)40)34-24-11-5-21(6-12-24)20-36-17-3-2-4-18-36/h5-14,19,34H,2-4,15-18,20H2,1H3,(H,33,39)(H,35,40)/b30-29-. The number of fused-ring (bicyclic) bond motifs is 1. The van der Waals surface area contributed by atoms with E-state index in [1.807, 2.05) is 12.1 Å². The summed E-state index contributed by atoms with van der Waals surface area (Å²) >= 11 is 0. The van der Waals surface area contributed by atoms with Crippen LogP contribution in [0.4, 0.5) is 17.1 Å². The summed E-state index contributed by atoms with van der Waals surface area (Å²) in [6.45, 7) is 3.19. The van der Waals surface area contributed by atoms with Gasteiger partial charge in [-0.25, -0.2) is 0 Å². The van der Waals surface area contributed by atoms with Gasteiger partial charge in [-0.15, -0.1) is 0 Å². The van der Waals surface area contributed by atoms with Gasteiger partial charge in [-0.1, -0.05) is 30.7 Å². The first kappa shape index (κ1) is 29.5. The highest BCUT2D eigenvalue weighted by Crippen LogP contribution is 2.39. The molecule has 0 atom stereocenters. The first-order chi connectivity index (χ1) is 20.8. The van der Waals surface area contributed by atoms with E-state index in [-0.39, 0.29) is 30.1 Å². The number of carbonyl (C=O) groups is 3. The smallest absolute Gasteiger partial charge is 0.307 e. The normalized spacial score (nSPS) is 15.7. The number of amides is 2. The molecule has 3 aromatic rings. The average molecular weight is 584 g/mol. The van der Waals surface area contributed by atoms with Gasteiger partial charge in [0.2, 0.25) is 0 Å². The van der Waals surface area contributed by atoms with Crippen LogP contribution in [-0.2, 0) is 20.9 Å². The highest BCUT2D eigenvalue weighted by molar-refractivity contribution is 6.37. The fraction of sp³-hybridized carbons (Fsp3) is 0.281. The minimum atomic E-state index is -0.498. The van der Waals surface area contributed by atoms with Crippen LogP contribution >= 0.6 is 0 Å². The SMILES string of the molecule is COC(=O)CCNC(=O)c1ccc(/C(Nc2ccc(CN3CCCCC3)cc2)=C2/C(=O)Nc3ccc([N+](=O)[O-])cc32)cc1. The largest absolute Gasteiger partial charge is 0.469 e. The molecule has 0 saturated carbocycles. The number of nitro groups is 1. The summed E-state index contributed by atoms with van der Waals surface area (Å²) in [5.74, 6) is -1.18. The number of rotatable bonds is 10. The van der Waals surface area contributed by atoms with Gasteiger partial charge in [0.15, 0.2) is 0 Å². The summed E-state index contributed by atoms with van der Waals surface area (Å²) in [5.41, 5.74) is 4.35. The van der Waals surface area contributed by atoms with Crippen molar-refractivity contribution < 1.29 is 24.0 Å². The van der Waals surface area contributed by atoms with Gasteiger partial charge in [0.25, 0.3) is 17.5 Å². The topological polar surface area (TPSA) is 143 Å². The van der Waals surface area contributed by atoms with Crippen molar-refractivity contribution in [2.24, 2.45) is 0 Å². The maximum atomic E-state index is 13.3. The highest BCUT2D eigenvalue weighted by atomic mass is 16.6. The lowest BCUT2D eigenvalue weighted by molar-refractivity contribution is -0.384. The minimum absolute atomic E-state index is 0.0535. The second kappa shape index (κ2) is 13.3. The number of ether oxygens (including phenoxy) is 1. The Labute approximate surface area is 249 Å². The number of likely N-dealkylation sites (tertiary alicyclic amines) is 1. The maximum absolute atomic E-state index is 13.3. The zero-order valence-corrected chi connectivity index (χ0v) is 23.9. The van der Waals surface area contributed by atoms with E-state index in [1.54, 1.807) is 24.3 Å². The Bertz CT molecular complexity index is 1560. The van der Waals surface area contributed by atoms with Crippen molar-refractivity contribution in [1.29, 1.82) is 0 Å². The summed E-state index contributed by atoms with van der Waals surface area (Å²) in [5, 5.41) is 20.4. The molecule has 0 spiro atoms. The lowest BCUT2D eigenvalue weighted by Crippen LogP contribution is -2.29. The molecule has 2 amide bonds. The molecule has 3 N–H and O–H groups in total. The van der Waals surface area contributed by atoms with Crippen molar-refractivity contribution in [3.05, 3.63) is 99.1 Å². The summed E-state index contributed by atoms with van der Waals surface area (Å²) in [6.07, 6.45) is 3.76. The third-order valence-corrected chi connectivity index (χ3v) is 7.56. The summed E-state index contributed by atoms with van der Waals surface area (Å²) in [6, 6.07) is 18.9. The van der Waals surface area contributed by atoms with E-state index < -0.39 is 16.8 Å². The second-order valence-corrected chi connectivity index (χ2v) is 10.5. The Morgan fingerprint density at radius 1 is 0.977 bits per heavy atom. The third-order valence-electron chi connectivity index (χ3n) is 7.56.